The molecule has 1 aromatic carbocycles. The fourth-order valence-corrected chi connectivity index (χ4v) is 2.15. The van der Waals surface area contributed by atoms with Gasteiger partial charge < -0.3 is 9.64 Å². The van der Waals surface area contributed by atoms with Crippen molar-refractivity contribution in [1.82, 2.24) is 0 Å². The van der Waals surface area contributed by atoms with Crippen molar-refractivity contribution in [2.75, 3.05) is 31.2 Å². The van der Waals surface area contributed by atoms with Crippen LogP contribution in [0.3, 0.4) is 0 Å². The lowest BCUT2D eigenvalue weighted by Gasteiger charge is -2.29. The number of thiol groups is 1. The summed E-state index contributed by atoms with van der Waals surface area (Å²) in [6, 6.07) is 7.53. The average Bonchev–Trinajstić information content (AvgIpc) is 2.30. The second kappa shape index (κ2) is 5.32. The molecule has 1 aliphatic rings. The van der Waals surface area contributed by atoms with Gasteiger partial charge in [0.15, 0.2) is 0 Å². The first-order valence-corrected chi connectivity index (χ1v) is 6.41. The molecule has 1 aromatic rings. The highest BCUT2D eigenvalue weighted by molar-refractivity contribution is 7.74. The van der Waals surface area contributed by atoms with Crippen LogP contribution < -0.4 is 4.90 Å². The highest BCUT2D eigenvalue weighted by atomic mass is 32.2. The highest BCUT2D eigenvalue weighted by Gasteiger charge is 2.11. The fourth-order valence-electron chi connectivity index (χ4n) is 1.75. The summed E-state index contributed by atoms with van der Waals surface area (Å²) < 4.78 is 26.5. The Hall–Kier alpha value is -1.07. The van der Waals surface area contributed by atoms with Gasteiger partial charge >= 0.3 is 0 Å². The molecular formula is C11H14NO3S. The summed E-state index contributed by atoms with van der Waals surface area (Å²) >= 11 is 0. The Labute approximate surface area is 96.8 Å². The van der Waals surface area contributed by atoms with Crippen LogP contribution in [-0.2, 0) is 15.4 Å². The van der Waals surface area contributed by atoms with Crippen LogP contribution in [0.15, 0.2) is 24.3 Å². The van der Waals surface area contributed by atoms with E-state index in [1.807, 2.05) is 18.2 Å². The minimum Gasteiger partial charge on any atom is -0.378 e. The van der Waals surface area contributed by atoms with Gasteiger partial charge in [-0.15, -0.1) is 0 Å². The fraction of sp³-hybridized carbons (Fsp3) is 0.364. The van der Waals surface area contributed by atoms with E-state index < -0.39 is 10.7 Å². The van der Waals surface area contributed by atoms with Gasteiger partial charge in [0.25, 0.3) is 0 Å². The zero-order chi connectivity index (χ0) is 11.4. The second-order valence-electron chi connectivity index (χ2n) is 3.61. The maximum Gasteiger partial charge on any atom is 0.148 e. The Balaban J connectivity index is 2.14. The Morgan fingerprint density at radius 1 is 1.25 bits per heavy atom. The number of ether oxygens (including phenoxy) is 1. The SMILES string of the molecule is O=[SH](=O)[CH]c1cccc(N2CCOCC2)c1. The Morgan fingerprint density at radius 2 is 2.00 bits per heavy atom. The van der Waals surface area contributed by atoms with Gasteiger partial charge in [0.05, 0.1) is 13.2 Å². The molecule has 2 rings (SSSR count). The Morgan fingerprint density at radius 3 is 2.69 bits per heavy atom. The van der Waals surface area contributed by atoms with Crippen molar-refractivity contribution < 1.29 is 13.2 Å². The molecule has 1 saturated heterocycles. The maximum absolute atomic E-state index is 10.6. The Kier molecular flexibility index (Phi) is 3.79. The lowest BCUT2D eigenvalue weighted by atomic mass is 10.2. The Bertz CT molecular complexity index is 417. The van der Waals surface area contributed by atoms with E-state index in [4.69, 9.17) is 4.74 Å². The smallest absolute Gasteiger partial charge is 0.148 e. The molecule has 0 aliphatic carbocycles. The van der Waals surface area contributed by atoms with Gasteiger partial charge in [-0.1, -0.05) is 12.1 Å². The van der Waals surface area contributed by atoms with Gasteiger partial charge in [-0.25, -0.2) is 8.42 Å². The van der Waals surface area contributed by atoms with Crippen molar-refractivity contribution in [2.24, 2.45) is 0 Å². The second-order valence-corrected chi connectivity index (χ2v) is 4.44. The van der Waals surface area contributed by atoms with Crippen LogP contribution >= 0.6 is 0 Å². The molecule has 87 valence electrons. The van der Waals surface area contributed by atoms with Crippen molar-refractivity contribution in [3.8, 4) is 0 Å². The quantitative estimate of drug-likeness (QED) is 0.788. The predicted octanol–water partition coefficient (Wildman–Crippen LogP) is 0.644. The van der Waals surface area contributed by atoms with E-state index in [0.717, 1.165) is 37.6 Å². The molecular weight excluding hydrogens is 226 g/mol. The van der Waals surface area contributed by atoms with E-state index in [9.17, 15) is 8.42 Å². The summed E-state index contributed by atoms with van der Waals surface area (Å²) in [5, 5.41) is 0. The van der Waals surface area contributed by atoms with Gasteiger partial charge in [0.1, 0.15) is 16.5 Å². The molecule has 1 radical (unpaired) electrons. The van der Waals surface area contributed by atoms with E-state index in [1.54, 1.807) is 6.07 Å². The first-order chi connectivity index (χ1) is 7.75. The lowest BCUT2D eigenvalue weighted by Crippen LogP contribution is -2.36. The summed E-state index contributed by atoms with van der Waals surface area (Å²) in [5.74, 6) is 1.25. The minimum absolute atomic E-state index is 0.722. The molecule has 0 bridgehead atoms. The first kappa shape index (κ1) is 11.4. The summed E-state index contributed by atoms with van der Waals surface area (Å²) in [6.45, 7) is 3.16. The van der Waals surface area contributed by atoms with Crippen LogP contribution in [0.2, 0.25) is 0 Å². The molecule has 4 nitrogen and oxygen atoms in total. The number of morpholine rings is 1. The van der Waals surface area contributed by atoms with Crippen LogP contribution in [0.4, 0.5) is 5.69 Å². The van der Waals surface area contributed by atoms with Crippen LogP contribution in [0.5, 0.6) is 0 Å². The van der Waals surface area contributed by atoms with Crippen molar-refractivity contribution in [1.29, 1.82) is 0 Å². The zero-order valence-corrected chi connectivity index (χ0v) is 9.73. The van der Waals surface area contributed by atoms with E-state index >= 15 is 0 Å². The largest absolute Gasteiger partial charge is 0.378 e. The molecule has 1 fully saturated rings. The van der Waals surface area contributed by atoms with E-state index in [0.29, 0.717) is 0 Å². The first-order valence-electron chi connectivity index (χ1n) is 5.17. The third kappa shape index (κ3) is 2.96. The van der Waals surface area contributed by atoms with Crippen molar-refractivity contribution in [2.45, 2.75) is 0 Å². The number of hydrogen-bond acceptors (Lipinski definition) is 4. The number of hydrogen-bond donors (Lipinski definition) is 1. The zero-order valence-electron chi connectivity index (χ0n) is 8.83. The minimum atomic E-state index is -2.47. The summed E-state index contributed by atoms with van der Waals surface area (Å²) in [4.78, 5) is 2.19. The van der Waals surface area contributed by atoms with Gasteiger partial charge in [0.2, 0.25) is 0 Å². The molecule has 0 N–H and O–H groups in total. The summed E-state index contributed by atoms with van der Waals surface area (Å²) in [5.41, 5.74) is 1.77. The average molecular weight is 240 g/mol. The standard InChI is InChI=1S/C11H14NO3S/c13-16(14)9-10-2-1-3-11(8-10)12-4-6-15-7-5-12/h1-3,8-9,16H,4-7H2. The van der Waals surface area contributed by atoms with E-state index in [1.165, 1.54) is 5.75 Å². The van der Waals surface area contributed by atoms with Gasteiger partial charge in [0, 0.05) is 18.8 Å². The third-order valence-electron chi connectivity index (χ3n) is 2.50. The summed E-state index contributed by atoms with van der Waals surface area (Å²) in [7, 11) is -2.47. The van der Waals surface area contributed by atoms with Crippen LogP contribution in [0.1, 0.15) is 5.56 Å². The maximum atomic E-state index is 10.6. The number of rotatable bonds is 3. The molecule has 1 heterocycles. The highest BCUT2D eigenvalue weighted by Crippen LogP contribution is 2.18. The topological polar surface area (TPSA) is 46.6 Å². The molecule has 0 unspecified atom stereocenters. The predicted molar refractivity (Wildman–Crippen MR) is 63.2 cm³/mol. The van der Waals surface area contributed by atoms with Gasteiger partial charge in [-0.05, 0) is 17.7 Å². The third-order valence-corrected chi connectivity index (χ3v) is 3.01. The normalized spacial score (nSPS) is 16.7. The molecule has 0 spiro atoms. The molecule has 0 saturated carbocycles. The number of benzene rings is 1. The monoisotopic (exact) mass is 240 g/mol. The number of nitrogens with zero attached hydrogens (tertiary/aromatic N) is 1. The molecule has 16 heavy (non-hydrogen) atoms. The van der Waals surface area contributed by atoms with Crippen LogP contribution in [0, 0.1) is 5.75 Å². The van der Waals surface area contributed by atoms with Crippen molar-refractivity contribution in [3.63, 3.8) is 0 Å². The summed E-state index contributed by atoms with van der Waals surface area (Å²) in [6.07, 6.45) is 0. The lowest BCUT2D eigenvalue weighted by molar-refractivity contribution is 0.122. The van der Waals surface area contributed by atoms with Gasteiger partial charge in [-0.2, -0.15) is 0 Å². The van der Waals surface area contributed by atoms with E-state index in [2.05, 4.69) is 4.90 Å². The molecule has 5 heteroatoms. The van der Waals surface area contributed by atoms with Crippen LogP contribution in [0.25, 0.3) is 0 Å². The van der Waals surface area contributed by atoms with Gasteiger partial charge in [-0.3, -0.25) is 0 Å². The van der Waals surface area contributed by atoms with Crippen molar-refractivity contribution >= 4 is 16.4 Å². The molecule has 0 atom stereocenters. The van der Waals surface area contributed by atoms with Crippen molar-refractivity contribution in [3.05, 3.63) is 35.6 Å². The molecule has 0 amide bonds. The van der Waals surface area contributed by atoms with Crippen LogP contribution in [-0.4, -0.2) is 34.7 Å². The number of anilines is 1. The molecule has 1 aliphatic heterocycles. The molecule has 0 aromatic heterocycles. The van der Waals surface area contributed by atoms with E-state index in [-0.39, 0.29) is 0 Å².